The molecule has 0 aliphatic heterocycles. The molecule has 2 aromatic rings. The quantitative estimate of drug-likeness (QED) is 0.762. The minimum atomic E-state index is -3.60. The molecule has 100 valence electrons. The number of rotatable bonds is 3. The van der Waals surface area contributed by atoms with Gasteiger partial charge in [0.15, 0.2) is 0 Å². The summed E-state index contributed by atoms with van der Waals surface area (Å²) in [5, 5.41) is -3.91. The summed E-state index contributed by atoms with van der Waals surface area (Å²) in [6.07, 6.45) is 2.23. The van der Waals surface area contributed by atoms with E-state index >= 15 is 0 Å². The first kappa shape index (κ1) is 14.4. The van der Waals surface area contributed by atoms with E-state index in [9.17, 15) is 8.78 Å². The summed E-state index contributed by atoms with van der Waals surface area (Å²) in [6.45, 7) is 0. The molecule has 0 fully saturated rings. The number of alkyl halides is 4. The first-order valence-electron chi connectivity index (χ1n) is 5.16. The average Bonchev–Trinajstić information content (AvgIpc) is 2.38. The summed E-state index contributed by atoms with van der Waals surface area (Å²) < 4.78 is 26.5. The summed E-state index contributed by atoms with van der Waals surface area (Å²) in [5.74, 6) is 0. The summed E-state index contributed by atoms with van der Waals surface area (Å²) in [7, 11) is 0. The van der Waals surface area contributed by atoms with Crippen molar-refractivity contribution in [3.63, 3.8) is 0 Å². The second-order valence-corrected chi connectivity index (χ2v) is 5.09. The molecule has 0 aliphatic carbocycles. The van der Waals surface area contributed by atoms with Crippen LogP contribution in [-0.2, 0) is 5.38 Å². The maximum Gasteiger partial charge on any atom is 0.365 e. The van der Waals surface area contributed by atoms with E-state index in [0.717, 1.165) is 6.33 Å². The SMILES string of the molecule is FC(F)(Cl)c1ncncc1C(Cl)c1ccc(Cl)cc1. The Morgan fingerprint density at radius 1 is 1.16 bits per heavy atom. The van der Waals surface area contributed by atoms with Crippen molar-refractivity contribution in [2.45, 2.75) is 10.8 Å². The number of hydrogen-bond acceptors (Lipinski definition) is 2. The highest BCUT2D eigenvalue weighted by atomic mass is 35.5. The first-order valence-corrected chi connectivity index (χ1v) is 6.35. The van der Waals surface area contributed by atoms with Crippen LogP contribution in [-0.4, -0.2) is 9.97 Å². The highest BCUT2D eigenvalue weighted by Crippen LogP contribution is 2.39. The molecule has 0 aliphatic rings. The Bertz CT molecular complexity index is 570. The third kappa shape index (κ3) is 3.32. The molecule has 0 radical (unpaired) electrons. The van der Waals surface area contributed by atoms with Gasteiger partial charge in [-0.05, 0) is 29.3 Å². The van der Waals surface area contributed by atoms with Crippen molar-refractivity contribution in [3.8, 4) is 0 Å². The van der Waals surface area contributed by atoms with Gasteiger partial charge in [-0.2, -0.15) is 8.78 Å². The molecule has 0 saturated carbocycles. The molecule has 19 heavy (non-hydrogen) atoms. The van der Waals surface area contributed by atoms with Gasteiger partial charge < -0.3 is 0 Å². The van der Waals surface area contributed by atoms with Gasteiger partial charge in [0.1, 0.15) is 12.0 Å². The lowest BCUT2D eigenvalue weighted by Gasteiger charge is -2.16. The molecule has 1 aromatic heterocycles. The second kappa shape index (κ2) is 5.57. The standard InChI is InChI=1S/C12H7Cl3F2N2/c13-8-3-1-7(2-4-8)10(14)9-5-18-6-19-11(9)12(15,16)17/h1-6,10H. The van der Waals surface area contributed by atoms with Gasteiger partial charge in [0.25, 0.3) is 0 Å². The maximum absolute atomic E-state index is 13.3. The fourth-order valence-corrected chi connectivity index (χ4v) is 2.16. The van der Waals surface area contributed by atoms with Crippen molar-refractivity contribution in [2.24, 2.45) is 0 Å². The minimum absolute atomic E-state index is 0.0616. The zero-order valence-corrected chi connectivity index (χ0v) is 11.6. The number of nitrogens with zero attached hydrogens (tertiary/aromatic N) is 2. The van der Waals surface area contributed by atoms with Crippen molar-refractivity contribution in [3.05, 3.63) is 58.6 Å². The molecule has 7 heteroatoms. The summed E-state index contributed by atoms with van der Waals surface area (Å²) in [6, 6.07) is 6.52. The Morgan fingerprint density at radius 2 is 1.79 bits per heavy atom. The lowest BCUT2D eigenvalue weighted by molar-refractivity contribution is 0.0887. The lowest BCUT2D eigenvalue weighted by atomic mass is 10.0. The van der Waals surface area contributed by atoms with Crippen LogP contribution in [0, 0.1) is 0 Å². The predicted octanol–water partition coefficient (Wildman–Crippen LogP) is 4.75. The number of halogens is 5. The first-order chi connectivity index (χ1) is 8.89. The average molecular weight is 324 g/mol. The Labute approximate surface area is 123 Å². The molecule has 0 spiro atoms. The molecule has 2 rings (SSSR count). The lowest BCUT2D eigenvalue weighted by Crippen LogP contribution is -2.12. The maximum atomic E-state index is 13.3. The van der Waals surface area contributed by atoms with Crippen LogP contribution in [0.3, 0.4) is 0 Å². The zero-order valence-electron chi connectivity index (χ0n) is 9.33. The van der Waals surface area contributed by atoms with Crippen LogP contribution >= 0.6 is 34.8 Å². The molecule has 2 nitrogen and oxygen atoms in total. The van der Waals surface area contributed by atoms with Gasteiger partial charge in [0.05, 0.1) is 5.38 Å². The van der Waals surface area contributed by atoms with E-state index in [1.165, 1.54) is 6.20 Å². The number of aromatic nitrogens is 2. The van der Waals surface area contributed by atoms with Gasteiger partial charge in [-0.1, -0.05) is 23.7 Å². The van der Waals surface area contributed by atoms with Crippen molar-refractivity contribution >= 4 is 34.8 Å². The minimum Gasteiger partial charge on any atom is -0.244 e. The van der Waals surface area contributed by atoms with Crippen LogP contribution in [0.2, 0.25) is 5.02 Å². The smallest absolute Gasteiger partial charge is 0.244 e. The van der Waals surface area contributed by atoms with E-state index in [4.69, 9.17) is 34.8 Å². The van der Waals surface area contributed by atoms with Gasteiger partial charge >= 0.3 is 5.38 Å². The monoisotopic (exact) mass is 322 g/mol. The van der Waals surface area contributed by atoms with Gasteiger partial charge in [-0.3, -0.25) is 0 Å². The molecule has 0 N–H and O–H groups in total. The topological polar surface area (TPSA) is 25.8 Å². The Morgan fingerprint density at radius 3 is 2.37 bits per heavy atom. The Balaban J connectivity index is 2.44. The van der Waals surface area contributed by atoms with E-state index in [-0.39, 0.29) is 5.56 Å². The highest BCUT2D eigenvalue weighted by Gasteiger charge is 2.35. The van der Waals surface area contributed by atoms with E-state index in [1.54, 1.807) is 24.3 Å². The second-order valence-electron chi connectivity index (χ2n) is 3.74. The fourth-order valence-electron chi connectivity index (χ4n) is 1.57. The van der Waals surface area contributed by atoms with Gasteiger partial charge in [0, 0.05) is 16.8 Å². The van der Waals surface area contributed by atoms with E-state index in [1.807, 2.05) is 0 Å². The van der Waals surface area contributed by atoms with Crippen molar-refractivity contribution < 1.29 is 8.78 Å². The molecular weight excluding hydrogens is 317 g/mol. The third-order valence-corrected chi connectivity index (χ3v) is 3.36. The molecule has 0 bridgehead atoms. The van der Waals surface area contributed by atoms with Crippen molar-refractivity contribution in [1.82, 2.24) is 9.97 Å². The molecular formula is C12H7Cl3F2N2. The number of benzene rings is 1. The van der Waals surface area contributed by atoms with Gasteiger partial charge in [0.2, 0.25) is 0 Å². The summed E-state index contributed by atoms with van der Waals surface area (Å²) in [4.78, 5) is 7.22. The number of hydrogen-bond donors (Lipinski definition) is 0. The Kier molecular flexibility index (Phi) is 4.23. The fraction of sp³-hybridized carbons (Fsp3) is 0.167. The molecule has 1 atom stereocenters. The van der Waals surface area contributed by atoms with E-state index in [0.29, 0.717) is 10.6 Å². The van der Waals surface area contributed by atoms with E-state index < -0.39 is 16.5 Å². The third-order valence-electron chi connectivity index (χ3n) is 2.44. The largest absolute Gasteiger partial charge is 0.365 e. The normalized spacial score (nSPS) is 13.3. The molecule has 1 heterocycles. The summed E-state index contributed by atoms with van der Waals surface area (Å²) in [5.41, 5.74) is 0.0636. The molecule has 1 aromatic carbocycles. The van der Waals surface area contributed by atoms with Crippen LogP contribution in [0.1, 0.15) is 22.2 Å². The van der Waals surface area contributed by atoms with Crippen LogP contribution in [0.25, 0.3) is 0 Å². The van der Waals surface area contributed by atoms with Crippen LogP contribution in [0.5, 0.6) is 0 Å². The van der Waals surface area contributed by atoms with Crippen molar-refractivity contribution in [2.75, 3.05) is 0 Å². The zero-order chi connectivity index (χ0) is 14.0. The van der Waals surface area contributed by atoms with Gasteiger partial charge in [-0.25, -0.2) is 9.97 Å². The van der Waals surface area contributed by atoms with Crippen LogP contribution in [0.4, 0.5) is 8.78 Å². The van der Waals surface area contributed by atoms with E-state index in [2.05, 4.69) is 9.97 Å². The molecule has 0 saturated heterocycles. The summed E-state index contributed by atoms with van der Waals surface area (Å²) >= 11 is 17.0. The molecule has 1 unspecified atom stereocenters. The predicted molar refractivity (Wildman–Crippen MR) is 70.9 cm³/mol. The molecule has 0 amide bonds. The van der Waals surface area contributed by atoms with Crippen LogP contribution in [0.15, 0.2) is 36.8 Å². The van der Waals surface area contributed by atoms with Gasteiger partial charge in [-0.15, -0.1) is 11.6 Å². The van der Waals surface area contributed by atoms with Crippen molar-refractivity contribution in [1.29, 1.82) is 0 Å². The Hall–Kier alpha value is -0.970. The van der Waals surface area contributed by atoms with Crippen LogP contribution < -0.4 is 0 Å². The highest BCUT2D eigenvalue weighted by molar-refractivity contribution is 6.30.